The lowest BCUT2D eigenvalue weighted by Gasteiger charge is -2.13. The fourth-order valence-electron chi connectivity index (χ4n) is 2.96. The van der Waals surface area contributed by atoms with E-state index in [4.69, 9.17) is 0 Å². The zero-order valence-electron chi connectivity index (χ0n) is 18.7. The summed E-state index contributed by atoms with van der Waals surface area (Å²) in [6.45, 7) is 4.88. The number of rotatable bonds is 13. The summed E-state index contributed by atoms with van der Waals surface area (Å²) in [5, 5.41) is 6.48. The second kappa shape index (κ2) is 15.8. The third-order valence-electron chi connectivity index (χ3n) is 4.41. The summed E-state index contributed by atoms with van der Waals surface area (Å²) in [6, 6.07) is 4.18. The van der Waals surface area contributed by atoms with Gasteiger partial charge in [0.1, 0.15) is 5.82 Å². The van der Waals surface area contributed by atoms with Crippen molar-refractivity contribution in [2.75, 3.05) is 40.0 Å². The van der Waals surface area contributed by atoms with Crippen molar-refractivity contribution in [1.29, 1.82) is 0 Å². The molecule has 0 aliphatic rings. The standard InChI is InChI=1S/C21H37FN4O2S.HI/c1-5-23-21(24-13-9-7-6-8-10-14-26(2)3)25-16-19-15-20(22)12-11-18(19)17-29(4,27)28;/h11-12,15H,5-10,13-14,16-17H2,1-4H3,(H2,23,24,25);1H. The number of aliphatic imine (C=N–C) groups is 1. The average molecular weight is 557 g/mol. The summed E-state index contributed by atoms with van der Waals surface area (Å²) in [5.74, 6) is 0.157. The number of hydrogen-bond acceptors (Lipinski definition) is 4. The third kappa shape index (κ3) is 14.1. The fourth-order valence-corrected chi connectivity index (χ4v) is 3.81. The van der Waals surface area contributed by atoms with E-state index in [0.717, 1.165) is 26.1 Å². The minimum absolute atomic E-state index is 0. The first kappa shape index (κ1) is 29.1. The first-order valence-electron chi connectivity index (χ1n) is 10.3. The Balaban J connectivity index is 0.00000841. The van der Waals surface area contributed by atoms with Crippen molar-refractivity contribution >= 4 is 39.8 Å². The molecule has 9 heteroatoms. The van der Waals surface area contributed by atoms with Gasteiger partial charge in [0.15, 0.2) is 15.8 Å². The van der Waals surface area contributed by atoms with E-state index in [2.05, 4.69) is 34.6 Å². The largest absolute Gasteiger partial charge is 0.357 e. The lowest BCUT2D eigenvalue weighted by atomic mass is 10.1. The molecule has 0 radical (unpaired) electrons. The molecule has 1 aromatic carbocycles. The predicted molar refractivity (Wildman–Crippen MR) is 135 cm³/mol. The summed E-state index contributed by atoms with van der Waals surface area (Å²) in [7, 11) is 0.995. The van der Waals surface area contributed by atoms with Gasteiger partial charge in [0.05, 0.1) is 12.3 Å². The van der Waals surface area contributed by atoms with Crippen LogP contribution in [0.4, 0.5) is 4.39 Å². The zero-order chi connectivity index (χ0) is 21.7. The Morgan fingerprint density at radius 3 is 2.37 bits per heavy atom. The van der Waals surface area contributed by atoms with Crippen LogP contribution in [0, 0.1) is 5.82 Å². The Kier molecular flexibility index (Phi) is 15.3. The van der Waals surface area contributed by atoms with Gasteiger partial charge >= 0.3 is 0 Å². The number of guanidine groups is 1. The number of benzene rings is 1. The molecule has 0 aliphatic heterocycles. The van der Waals surface area contributed by atoms with Gasteiger partial charge in [-0.25, -0.2) is 17.8 Å². The highest BCUT2D eigenvalue weighted by Gasteiger charge is 2.10. The van der Waals surface area contributed by atoms with E-state index in [1.807, 2.05) is 6.92 Å². The van der Waals surface area contributed by atoms with E-state index in [0.29, 0.717) is 17.1 Å². The highest BCUT2D eigenvalue weighted by atomic mass is 127. The Labute approximate surface area is 199 Å². The van der Waals surface area contributed by atoms with E-state index in [1.54, 1.807) is 0 Å². The molecule has 0 saturated carbocycles. The van der Waals surface area contributed by atoms with E-state index in [-0.39, 0.29) is 42.1 Å². The van der Waals surface area contributed by atoms with E-state index in [1.165, 1.54) is 50.1 Å². The van der Waals surface area contributed by atoms with Gasteiger partial charge in [-0.15, -0.1) is 24.0 Å². The smallest absolute Gasteiger partial charge is 0.191 e. The van der Waals surface area contributed by atoms with Crippen molar-refractivity contribution in [2.45, 2.75) is 51.3 Å². The number of nitrogens with one attached hydrogen (secondary N) is 2. The maximum atomic E-state index is 13.6. The van der Waals surface area contributed by atoms with Crippen LogP contribution in [-0.4, -0.2) is 59.3 Å². The van der Waals surface area contributed by atoms with Gasteiger partial charge in [-0.05, 0) is 63.7 Å². The van der Waals surface area contributed by atoms with Gasteiger partial charge in [0.2, 0.25) is 0 Å². The van der Waals surface area contributed by atoms with Crippen LogP contribution < -0.4 is 10.6 Å². The van der Waals surface area contributed by atoms with Gasteiger partial charge < -0.3 is 15.5 Å². The van der Waals surface area contributed by atoms with Gasteiger partial charge in [0, 0.05) is 19.3 Å². The summed E-state index contributed by atoms with van der Waals surface area (Å²) in [6.07, 6.45) is 7.10. The lowest BCUT2D eigenvalue weighted by Crippen LogP contribution is -2.37. The number of halogens is 2. The third-order valence-corrected chi connectivity index (χ3v) is 5.25. The van der Waals surface area contributed by atoms with Gasteiger partial charge in [-0.2, -0.15) is 0 Å². The highest BCUT2D eigenvalue weighted by molar-refractivity contribution is 14.0. The summed E-state index contributed by atoms with van der Waals surface area (Å²) in [5.41, 5.74) is 1.18. The minimum atomic E-state index is -3.20. The van der Waals surface area contributed by atoms with Crippen LogP contribution in [0.1, 0.15) is 50.2 Å². The van der Waals surface area contributed by atoms with E-state index in [9.17, 15) is 12.8 Å². The maximum Gasteiger partial charge on any atom is 0.191 e. The van der Waals surface area contributed by atoms with Crippen LogP contribution in [0.15, 0.2) is 23.2 Å². The molecule has 2 N–H and O–H groups in total. The molecule has 1 aromatic rings. The minimum Gasteiger partial charge on any atom is -0.357 e. The van der Waals surface area contributed by atoms with Crippen LogP contribution in [0.2, 0.25) is 0 Å². The van der Waals surface area contributed by atoms with Crippen molar-refractivity contribution < 1.29 is 12.8 Å². The molecule has 0 spiro atoms. The van der Waals surface area contributed by atoms with E-state index >= 15 is 0 Å². The topological polar surface area (TPSA) is 73.8 Å². The summed E-state index contributed by atoms with van der Waals surface area (Å²) in [4.78, 5) is 6.72. The Morgan fingerprint density at radius 2 is 1.73 bits per heavy atom. The number of unbranched alkanes of at least 4 members (excludes halogenated alkanes) is 4. The van der Waals surface area contributed by atoms with E-state index < -0.39 is 9.84 Å². The quantitative estimate of drug-likeness (QED) is 0.168. The van der Waals surface area contributed by atoms with Crippen molar-refractivity contribution in [1.82, 2.24) is 15.5 Å². The van der Waals surface area contributed by atoms with Gasteiger partial charge in [-0.3, -0.25) is 0 Å². The first-order chi connectivity index (χ1) is 13.7. The van der Waals surface area contributed by atoms with Gasteiger partial charge in [-0.1, -0.05) is 25.3 Å². The predicted octanol–water partition coefficient (Wildman–Crippen LogP) is 3.56. The Hall–Kier alpha value is -0.940. The number of nitrogens with zero attached hydrogens (tertiary/aromatic N) is 2. The van der Waals surface area contributed by atoms with Crippen LogP contribution >= 0.6 is 24.0 Å². The second-order valence-corrected chi connectivity index (χ2v) is 9.82. The molecule has 0 fully saturated rings. The molecule has 1 rings (SSSR count). The SMILES string of the molecule is CCNC(=NCc1cc(F)ccc1CS(C)(=O)=O)NCCCCCCCN(C)C.I. The molecule has 0 atom stereocenters. The normalized spacial score (nSPS) is 12.0. The summed E-state index contributed by atoms with van der Waals surface area (Å²) < 4.78 is 36.9. The molecule has 0 amide bonds. The molecule has 0 heterocycles. The van der Waals surface area contributed by atoms with Crippen molar-refractivity contribution in [2.24, 2.45) is 4.99 Å². The highest BCUT2D eigenvalue weighted by Crippen LogP contribution is 2.15. The molecule has 0 aliphatic carbocycles. The summed E-state index contributed by atoms with van der Waals surface area (Å²) >= 11 is 0. The monoisotopic (exact) mass is 556 g/mol. The lowest BCUT2D eigenvalue weighted by molar-refractivity contribution is 0.389. The van der Waals surface area contributed by atoms with Gasteiger partial charge in [0.25, 0.3) is 0 Å². The Bertz CT molecular complexity index is 743. The van der Waals surface area contributed by atoms with Crippen LogP contribution in [-0.2, 0) is 22.1 Å². The molecular formula is C21H38FIN4O2S. The molecule has 0 unspecified atom stereocenters. The first-order valence-corrected chi connectivity index (χ1v) is 12.4. The number of sulfone groups is 1. The molecule has 0 saturated heterocycles. The molecule has 174 valence electrons. The van der Waals surface area contributed by atoms with Crippen molar-refractivity contribution in [3.8, 4) is 0 Å². The number of hydrogen-bond donors (Lipinski definition) is 2. The van der Waals surface area contributed by atoms with Crippen LogP contribution in [0.25, 0.3) is 0 Å². The van der Waals surface area contributed by atoms with Crippen molar-refractivity contribution in [3.05, 3.63) is 35.1 Å². The molecule has 30 heavy (non-hydrogen) atoms. The zero-order valence-corrected chi connectivity index (χ0v) is 21.9. The maximum absolute atomic E-state index is 13.6. The second-order valence-electron chi connectivity index (χ2n) is 7.68. The molecule has 6 nitrogen and oxygen atoms in total. The van der Waals surface area contributed by atoms with Crippen LogP contribution in [0.5, 0.6) is 0 Å². The average Bonchev–Trinajstić information content (AvgIpc) is 2.62. The molecular weight excluding hydrogens is 518 g/mol. The van der Waals surface area contributed by atoms with Crippen molar-refractivity contribution in [3.63, 3.8) is 0 Å². The molecule has 0 aromatic heterocycles. The fraction of sp³-hybridized carbons (Fsp3) is 0.667. The molecule has 0 bridgehead atoms. The van der Waals surface area contributed by atoms with Crippen LogP contribution in [0.3, 0.4) is 0 Å². The Morgan fingerprint density at radius 1 is 1.07 bits per heavy atom.